The van der Waals surface area contributed by atoms with Crippen LogP contribution < -0.4 is 9.47 Å². The summed E-state index contributed by atoms with van der Waals surface area (Å²) < 4.78 is 10.5. The van der Waals surface area contributed by atoms with Crippen LogP contribution in [-0.4, -0.2) is 41.9 Å². The summed E-state index contributed by atoms with van der Waals surface area (Å²) in [6.45, 7) is 8.70. The van der Waals surface area contributed by atoms with E-state index < -0.39 is 6.04 Å². The van der Waals surface area contributed by atoms with E-state index in [1.165, 1.54) is 0 Å². The first kappa shape index (κ1) is 24.4. The molecule has 1 aliphatic rings. The Kier molecular flexibility index (Phi) is 7.79. The number of nitrogens with zero attached hydrogens (tertiary/aromatic N) is 2. The molecular formula is C27H34N2O4. The first-order chi connectivity index (χ1) is 15.7. The van der Waals surface area contributed by atoms with E-state index in [9.17, 15) is 9.59 Å². The van der Waals surface area contributed by atoms with E-state index in [0.717, 1.165) is 22.6 Å². The lowest BCUT2D eigenvalue weighted by Gasteiger charge is -2.43. The molecule has 0 saturated carbocycles. The van der Waals surface area contributed by atoms with Crippen LogP contribution in [0.25, 0.3) is 0 Å². The molecule has 0 aromatic heterocycles. The number of amides is 2. The minimum absolute atomic E-state index is 0.0290. The van der Waals surface area contributed by atoms with Gasteiger partial charge in [0.15, 0.2) is 0 Å². The van der Waals surface area contributed by atoms with Crippen molar-refractivity contribution in [3.63, 3.8) is 0 Å². The van der Waals surface area contributed by atoms with Crippen molar-refractivity contribution in [1.82, 2.24) is 9.80 Å². The van der Waals surface area contributed by atoms with Gasteiger partial charge in [0.2, 0.25) is 0 Å². The zero-order valence-corrected chi connectivity index (χ0v) is 20.4. The van der Waals surface area contributed by atoms with Crippen LogP contribution in [-0.2, 0) is 22.7 Å². The number of piperazine rings is 1. The van der Waals surface area contributed by atoms with Crippen molar-refractivity contribution in [3.05, 3.63) is 71.4 Å². The fourth-order valence-electron chi connectivity index (χ4n) is 4.10. The normalized spacial score (nSPS) is 17.9. The number of ether oxygens (including phenoxy) is 2. The van der Waals surface area contributed by atoms with E-state index in [2.05, 4.69) is 0 Å². The predicted molar refractivity (Wildman–Crippen MR) is 129 cm³/mol. The molecule has 6 heteroatoms. The van der Waals surface area contributed by atoms with Gasteiger partial charge in [-0.1, -0.05) is 58.0 Å². The number of hydrogen-bond acceptors (Lipinski definition) is 4. The number of carbonyl (C=O) groups is 2. The van der Waals surface area contributed by atoms with Gasteiger partial charge in [0.1, 0.15) is 23.2 Å². The Bertz CT molecular complexity index is 994. The largest absolute Gasteiger partial charge is 0.497 e. The van der Waals surface area contributed by atoms with Crippen molar-refractivity contribution in [2.75, 3.05) is 14.2 Å². The molecule has 2 aromatic carbocycles. The van der Waals surface area contributed by atoms with Gasteiger partial charge < -0.3 is 19.3 Å². The summed E-state index contributed by atoms with van der Waals surface area (Å²) in [6, 6.07) is 14.7. The molecule has 2 aromatic rings. The Morgan fingerprint density at radius 2 is 1.30 bits per heavy atom. The molecule has 1 saturated heterocycles. The van der Waals surface area contributed by atoms with E-state index in [0.29, 0.717) is 18.8 Å². The lowest BCUT2D eigenvalue weighted by molar-refractivity contribution is -0.154. The van der Waals surface area contributed by atoms with Crippen molar-refractivity contribution in [2.24, 2.45) is 11.8 Å². The maximum Gasteiger partial charge on any atom is 0.271 e. The zero-order valence-electron chi connectivity index (χ0n) is 20.4. The number of benzene rings is 2. The van der Waals surface area contributed by atoms with Gasteiger partial charge in [-0.25, -0.2) is 0 Å². The molecule has 6 nitrogen and oxygen atoms in total. The van der Waals surface area contributed by atoms with E-state index in [-0.39, 0.29) is 23.7 Å². The van der Waals surface area contributed by atoms with Crippen molar-refractivity contribution in [3.8, 4) is 11.5 Å². The second-order valence-corrected chi connectivity index (χ2v) is 9.04. The number of carbonyl (C=O) groups excluding carboxylic acids is 2. The summed E-state index contributed by atoms with van der Waals surface area (Å²) in [5.41, 5.74) is 2.34. The fourth-order valence-corrected chi connectivity index (χ4v) is 4.10. The molecule has 0 aliphatic carbocycles. The molecule has 0 radical (unpaired) electrons. The lowest BCUT2D eigenvalue weighted by atomic mass is 9.95. The molecule has 1 heterocycles. The molecular weight excluding hydrogens is 416 g/mol. The Labute approximate surface area is 196 Å². The Balaban J connectivity index is 1.96. The van der Waals surface area contributed by atoms with Gasteiger partial charge >= 0.3 is 0 Å². The smallest absolute Gasteiger partial charge is 0.271 e. The highest BCUT2D eigenvalue weighted by Gasteiger charge is 2.44. The van der Waals surface area contributed by atoms with Gasteiger partial charge in [-0.3, -0.25) is 9.59 Å². The highest BCUT2D eigenvalue weighted by atomic mass is 16.5. The number of methoxy groups -OCH3 is 2. The lowest BCUT2D eigenvalue weighted by Crippen LogP contribution is -2.59. The van der Waals surface area contributed by atoms with E-state index in [1.54, 1.807) is 24.0 Å². The Morgan fingerprint density at radius 1 is 0.818 bits per heavy atom. The topological polar surface area (TPSA) is 59.1 Å². The number of rotatable bonds is 8. The first-order valence-electron chi connectivity index (χ1n) is 11.3. The predicted octanol–water partition coefficient (Wildman–Crippen LogP) is 4.64. The van der Waals surface area contributed by atoms with Crippen molar-refractivity contribution in [1.29, 1.82) is 0 Å². The molecule has 0 N–H and O–H groups in total. The SMILES string of the molecule is COc1ccc(CN2C(=O)[C@H](C(C)C)N(Cc3ccc(OC)cc3)C(=O)/C2=C\C(C)C)cc1. The van der Waals surface area contributed by atoms with Crippen molar-refractivity contribution < 1.29 is 19.1 Å². The summed E-state index contributed by atoms with van der Waals surface area (Å²) >= 11 is 0. The van der Waals surface area contributed by atoms with Gasteiger partial charge in [-0.05, 0) is 47.2 Å². The maximum atomic E-state index is 13.8. The molecule has 0 bridgehead atoms. The molecule has 2 amide bonds. The molecule has 176 valence electrons. The standard InChI is InChI=1S/C27H34N2O4/c1-18(2)15-24-26(30)29(17-21-9-13-23(33-6)14-10-21)25(19(3)4)27(31)28(24)16-20-7-11-22(32-5)12-8-20/h7-15,18-19,25H,16-17H2,1-6H3/b24-15+/t25-/m0/s1. The highest BCUT2D eigenvalue weighted by Crippen LogP contribution is 2.30. The van der Waals surface area contributed by atoms with E-state index in [4.69, 9.17) is 9.47 Å². The van der Waals surface area contributed by atoms with Crippen LogP contribution >= 0.6 is 0 Å². The van der Waals surface area contributed by atoms with Crippen LogP contribution in [0.2, 0.25) is 0 Å². The van der Waals surface area contributed by atoms with Gasteiger partial charge in [0.05, 0.1) is 20.8 Å². The minimum Gasteiger partial charge on any atom is -0.497 e. The van der Waals surface area contributed by atoms with Crippen molar-refractivity contribution in [2.45, 2.75) is 46.8 Å². The molecule has 1 aliphatic heterocycles. The second kappa shape index (κ2) is 10.6. The summed E-state index contributed by atoms with van der Waals surface area (Å²) in [5, 5.41) is 0. The van der Waals surface area contributed by atoms with Crippen LogP contribution in [0.5, 0.6) is 11.5 Å². The fraction of sp³-hybridized carbons (Fsp3) is 0.407. The molecule has 0 unspecified atom stereocenters. The average Bonchev–Trinajstić information content (AvgIpc) is 2.80. The molecule has 0 spiro atoms. The van der Waals surface area contributed by atoms with Gasteiger partial charge in [0, 0.05) is 6.54 Å². The molecule has 1 atom stereocenters. The van der Waals surface area contributed by atoms with E-state index >= 15 is 0 Å². The van der Waals surface area contributed by atoms with Gasteiger partial charge in [0.25, 0.3) is 11.8 Å². The molecule has 3 rings (SSSR count). The summed E-state index contributed by atoms with van der Waals surface area (Å²) in [6.07, 6.45) is 1.89. The highest BCUT2D eigenvalue weighted by molar-refractivity contribution is 6.04. The van der Waals surface area contributed by atoms with Gasteiger partial charge in [-0.2, -0.15) is 0 Å². The van der Waals surface area contributed by atoms with Gasteiger partial charge in [-0.15, -0.1) is 0 Å². The average molecular weight is 451 g/mol. The zero-order chi connectivity index (χ0) is 24.1. The quantitative estimate of drug-likeness (QED) is 0.550. The third kappa shape index (κ3) is 5.56. The van der Waals surface area contributed by atoms with Crippen LogP contribution in [0.4, 0.5) is 0 Å². The van der Waals surface area contributed by atoms with E-state index in [1.807, 2.05) is 82.3 Å². The molecule has 33 heavy (non-hydrogen) atoms. The first-order valence-corrected chi connectivity index (χ1v) is 11.3. The third-order valence-corrected chi connectivity index (χ3v) is 5.76. The molecule has 1 fully saturated rings. The Hall–Kier alpha value is -3.28. The second-order valence-electron chi connectivity index (χ2n) is 9.04. The Morgan fingerprint density at radius 3 is 1.73 bits per heavy atom. The maximum absolute atomic E-state index is 13.8. The van der Waals surface area contributed by atoms with Crippen LogP contribution in [0, 0.1) is 11.8 Å². The van der Waals surface area contributed by atoms with Crippen LogP contribution in [0.1, 0.15) is 38.8 Å². The van der Waals surface area contributed by atoms with Crippen LogP contribution in [0.15, 0.2) is 60.3 Å². The van der Waals surface area contributed by atoms with Crippen LogP contribution in [0.3, 0.4) is 0 Å². The minimum atomic E-state index is -0.540. The number of hydrogen-bond donors (Lipinski definition) is 0. The summed E-state index contributed by atoms with van der Waals surface area (Å²) in [4.78, 5) is 30.9. The summed E-state index contributed by atoms with van der Waals surface area (Å²) in [5.74, 6) is 1.43. The third-order valence-electron chi connectivity index (χ3n) is 5.76. The van der Waals surface area contributed by atoms with Crippen molar-refractivity contribution >= 4 is 11.8 Å². The number of allylic oxidation sites excluding steroid dienone is 1. The monoisotopic (exact) mass is 450 g/mol. The summed E-state index contributed by atoms with van der Waals surface area (Å²) in [7, 11) is 3.24.